The van der Waals surface area contributed by atoms with E-state index in [1.165, 1.54) is 22.8 Å². The fourth-order valence-corrected chi connectivity index (χ4v) is 3.53. The molecule has 1 amide bonds. The summed E-state index contributed by atoms with van der Waals surface area (Å²) < 4.78 is 1.33. The van der Waals surface area contributed by atoms with E-state index in [0.717, 1.165) is 5.56 Å². The highest BCUT2D eigenvalue weighted by molar-refractivity contribution is 7.13. The fourth-order valence-electron chi connectivity index (χ4n) is 2.78. The standard InChI is InChI=1S/C18H20N6O3S/c1-11(25)20-17-21-13(10-28-17)9-23(2)14-15(19)24(18(27)22-16(14)26)8-12-6-4-3-5-7-12/h3-7,10H,8-9,19H2,1-2H3,(H,20,21,25)(H,22,26,27). The number of hydrogen-bond acceptors (Lipinski definition) is 7. The number of amides is 1. The molecule has 0 bridgehead atoms. The Kier molecular flexibility index (Phi) is 5.59. The van der Waals surface area contributed by atoms with E-state index in [-0.39, 0.29) is 30.5 Å². The van der Waals surface area contributed by atoms with Crippen LogP contribution in [0.15, 0.2) is 45.3 Å². The molecule has 1 aromatic carbocycles. The molecular formula is C18H20N6O3S. The number of benzene rings is 1. The largest absolute Gasteiger partial charge is 0.383 e. The van der Waals surface area contributed by atoms with Gasteiger partial charge in [0.25, 0.3) is 5.56 Å². The molecule has 28 heavy (non-hydrogen) atoms. The van der Waals surface area contributed by atoms with Crippen LogP contribution in [0.2, 0.25) is 0 Å². The molecule has 0 aliphatic rings. The Bertz CT molecular complexity index is 1100. The van der Waals surface area contributed by atoms with E-state index >= 15 is 0 Å². The van der Waals surface area contributed by atoms with E-state index in [4.69, 9.17) is 5.73 Å². The summed E-state index contributed by atoms with van der Waals surface area (Å²) in [6.45, 7) is 1.93. The summed E-state index contributed by atoms with van der Waals surface area (Å²) in [5.74, 6) is -0.125. The quantitative estimate of drug-likeness (QED) is 0.571. The Morgan fingerprint density at radius 1 is 1.32 bits per heavy atom. The Labute approximate surface area is 164 Å². The second kappa shape index (κ2) is 8.09. The van der Waals surface area contributed by atoms with Crippen molar-refractivity contribution in [2.45, 2.75) is 20.0 Å². The average molecular weight is 400 g/mol. The number of H-pyrrole nitrogens is 1. The molecule has 0 aliphatic carbocycles. The van der Waals surface area contributed by atoms with Gasteiger partial charge in [-0.25, -0.2) is 9.78 Å². The van der Waals surface area contributed by atoms with E-state index in [1.807, 2.05) is 30.3 Å². The predicted molar refractivity (Wildman–Crippen MR) is 110 cm³/mol. The molecule has 10 heteroatoms. The van der Waals surface area contributed by atoms with Gasteiger partial charge in [0.1, 0.15) is 11.5 Å². The first-order valence-corrected chi connectivity index (χ1v) is 9.32. The molecule has 2 heterocycles. The Morgan fingerprint density at radius 2 is 2.04 bits per heavy atom. The highest BCUT2D eigenvalue weighted by Crippen LogP contribution is 2.21. The molecule has 9 nitrogen and oxygen atoms in total. The number of carbonyl (C=O) groups is 1. The van der Waals surface area contributed by atoms with Gasteiger partial charge in [0.15, 0.2) is 5.13 Å². The van der Waals surface area contributed by atoms with Gasteiger partial charge in [0.2, 0.25) is 5.91 Å². The SMILES string of the molecule is CC(=O)Nc1nc(CN(C)c2c(N)n(Cc3ccccc3)c(=O)[nH]c2=O)cs1. The van der Waals surface area contributed by atoms with E-state index in [9.17, 15) is 14.4 Å². The van der Waals surface area contributed by atoms with Crippen LogP contribution in [-0.4, -0.2) is 27.5 Å². The van der Waals surface area contributed by atoms with Crippen molar-refractivity contribution in [3.8, 4) is 0 Å². The van der Waals surface area contributed by atoms with Gasteiger partial charge in [0.05, 0.1) is 18.8 Å². The van der Waals surface area contributed by atoms with Crippen molar-refractivity contribution in [3.05, 3.63) is 67.8 Å². The summed E-state index contributed by atoms with van der Waals surface area (Å²) in [6, 6.07) is 9.36. The maximum atomic E-state index is 12.4. The molecule has 0 saturated carbocycles. The summed E-state index contributed by atoms with van der Waals surface area (Å²) in [7, 11) is 1.69. The van der Waals surface area contributed by atoms with Crippen molar-refractivity contribution >= 4 is 33.9 Å². The van der Waals surface area contributed by atoms with Crippen LogP contribution in [0.3, 0.4) is 0 Å². The maximum Gasteiger partial charge on any atom is 0.330 e. The minimum absolute atomic E-state index is 0.0809. The molecule has 0 saturated heterocycles. The van der Waals surface area contributed by atoms with Gasteiger partial charge in [-0.2, -0.15) is 0 Å². The number of nitrogens with zero attached hydrogens (tertiary/aromatic N) is 3. The lowest BCUT2D eigenvalue weighted by molar-refractivity contribution is -0.114. The van der Waals surface area contributed by atoms with Gasteiger partial charge in [-0.3, -0.25) is 19.1 Å². The number of nitrogens with two attached hydrogens (primary N) is 1. The zero-order chi connectivity index (χ0) is 20.3. The first-order valence-electron chi connectivity index (χ1n) is 8.45. The summed E-state index contributed by atoms with van der Waals surface area (Å²) in [4.78, 5) is 44.0. The smallest absolute Gasteiger partial charge is 0.330 e. The fraction of sp³-hybridized carbons (Fsp3) is 0.222. The van der Waals surface area contributed by atoms with Crippen LogP contribution in [0.25, 0.3) is 0 Å². The van der Waals surface area contributed by atoms with Crippen molar-refractivity contribution in [1.29, 1.82) is 0 Å². The molecule has 2 aromatic heterocycles. The molecule has 0 aliphatic heterocycles. The number of nitrogen functional groups attached to an aromatic ring is 1. The lowest BCUT2D eigenvalue weighted by Crippen LogP contribution is -2.37. The number of anilines is 3. The summed E-state index contributed by atoms with van der Waals surface area (Å²) in [6.07, 6.45) is 0. The predicted octanol–water partition coefficient (Wildman–Crippen LogP) is 1.22. The third-order valence-electron chi connectivity index (χ3n) is 4.01. The number of carbonyl (C=O) groups excluding carboxylic acids is 1. The average Bonchev–Trinajstić information content (AvgIpc) is 3.05. The molecule has 0 atom stereocenters. The lowest BCUT2D eigenvalue weighted by atomic mass is 10.2. The van der Waals surface area contributed by atoms with Gasteiger partial charge in [-0.15, -0.1) is 11.3 Å². The number of aromatic nitrogens is 3. The Morgan fingerprint density at radius 3 is 2.71 bits per heavy atom. The summed E-state index contributed by atoms with van der Waals surface area (Å²) >= 11 is 1.29. The van der Waals surface area contributed by atoms with Gasteiger partial charge >= 0.3 is 5.69 Å². The van der Waals surface area contributed by atoms with E-state index in [1.54, 1.807) is 17.3 Å². The molecule has 0 unspecified atom stereocenters. The third-order valence-corrected chi connectivity index (χ3v) is 4.82. The molecule has 0 radical (unpaired) electrons. The van der Waals surface area contributed by atoms with Crippen molar-refractivity contribution in [2.24, 2.45) is 0 Å². The normalized spacial score (nSPS) is 10.6. The highest BCUT2D eigenvalue weighted by atomic mass is 32.1. The van der Waals surface area contributed by atoms with Gasteiger partial charge < -0.3 is 16.0 Å². The number of thiazole rings is 1. The Hall–Kier alpha value is -3.40. The number of hydrogen-bond donors (Lipinski definition) is 3. The zero-order valence-corrected chi connectivity index (χ0v) is 16.2. The zero-order valence-electron chi connectivity index (χ0n) is 15.4. The highest BCUT2D eigenvalue weighted by Gasteiger charge is 2.17. The third kappa shape index (κ3) is 4.29. The van der Waals surface area contributed by atoms with Crippen LogP contribution in [0.5, 0.6) is 0 Å². The molecule has 4 N–H and O–H groups in total. The van der Waals surface area contributed by atoms with Crippen LogP contribution in [0, 0.1) is 0 Å². The molecule has 3 aromatic rings. The maximum absolute atomic E-state index is 12.4. The molecule has 146 valence electrons. The lowest BCUT2D eigenvalue weighted by Gasteiger charge is -2.21. The molecule has 0 spiro atoms. The monoisotopic (exact) mass is 400 g/mol. The molecular weight excluding hydrogens is 380 g/mol. The van der Waals surface area contributed by atoms with Gasteiger partial charge in [0, 0.05) is 19.4 Å². The summed E-state index contributed by atoms with van der Waals surface area (Å²) in [5.41, 5.74) is 6.79. The van der Waals surface area contributed by atoms with Crippen molar-refractivity contribution in [1.82, 2.24) is 14.5 Å². The number of rotatable bonds is 6. The van der Waals surface area contributed by atoms with Crippen molar-refractivity contribution < 1.29 is 4.79 Å². The van der Waals surface area contributed by atoms with E-state index < -0.39 is 11.2 Å². The summed E-state index contributed by atoms with van der Waals surface area (Å²) in [5, 5.41) is 4.88. The van der Waals surface area contributed by atoms with Crippen LogP contribution >= 0.6 is 11.3 Å². The van der Waals surface area contributed by atoms with Crippen molar-refractivity contribution in [3.63, 3.8) is 0 Å². The topological polar surface area (TPSA) is 126 Å². The first-order chi connectivity index (χ1) is 13.3. The van der Waals surface area contributed by atoms with Crippen LogP contribution in [-0.2, 0) is 17.9 Å². The minimum atomic E-state index is -0.565. The van der Waals surface area contributed by atoms with Crippen LogP contribution in [0.4, 0.5) is 16.6 Å². The molecule has 3 rings (SSSR count). The minimum Gasteiger partial charge on any atom is -0.383 e. The van der Waals surface area contributed by atoms with Gasteiger partial charge in [-0.05, 0) is 5.56 Å². The Balaban J connectivity index is 1.89. The number of nitrogens with one attached hydrogen (secondary N) is 2. The van der Waals surface area contributed by atoms with Crippen LogP contribution in [0.1, 0.15) is 18.2 Å². The van der Waals surface area contributed by atoms with E-state index in [0.29, 0.717) is 10.8 Å². The second-order valence-corrected chi connectivity index (χ2v) is 7.10. The molecule has 0 fully saturated rings. The van der Waals surface area contributed by atoms with Crippen LogP contribution < -0.4 is 27.2 Å². The van der Waals surface area contributed by atoms with E-state index in [2.05, 4.69) is 15.3 Å². The second-order valence-electron chi connectivity index (χ2n) is 6.25. The first kappa shape index (κ1) is 19.4. The van der Waals surface area contributed by atoms with Gasteiger partial charge in [-0.1, -0.05) is 30.3 Å². The number of aromatic amines is 1. The van der Waals surface area contributed by atoms with Crippen molar-refractivity contribution in [2.75, 3.05) is 23.0 Å².